The Balaban J connectivity index is 1.27. The number of nitrogens with one attached hydrogen (secondary N) is 1. The maximum atomic E-state index is 13.3. The Labute approximate surface area is 204 Å². The number of hydrogen-bond donors (Lipinski definition) is 4. The molecule has 0 bridgehead atoms. The van der Waals surface area contributed by atoms with E-state index >= 15 is 0 Å². The molecule has 11 nitrogen and oxygen atoms in total. The SMILES string of the molecule is Cc1nccn1-c1cc(C(=O)N2CCC[C@H](COc3cccc4c3C(N)=NS(O)(O)N4)C2)ccn1. The van der Waals surface area contributed by atoms with Gasteiger partial charge in [-0.15, -0.1) is 4.40 Å². The van der Waals surface area contributed by atoms with Gasteiger partial charge in [-0.05, 0) is 55.0 Å². The molecule has 12 heteroatoms. The molecule has 0 aliphatic carbocycles. The minimum atomic E-state index is -3.36. The first-order valence-corrected chi connectivity index (χ1v) is 12.7. The number of pyridine rings is 1. The van der Waals surface area contributed by atoms with Crippen LogP contribution in [0.4, 0.5) is 5.69 Å². The largest absolute Gasteiger partial charge is 0.492 e. The number of rotatable bonds is 5. The van der Waals surface area contributed by atoms with Gasteiger partial charge in [0.05, 0.1) is 17.9 Å². The summed E-state index contributed by atoms with van der Waals surface area (Å²) in [5, 5.41) is 0. The van der Waals surface area contributed by atoms with Crippen LogP contribution in [0.2, 0.25) is 0 Å². The lowest BCUT2D eigenvalue weighted by Crippen LogP contribution is -2.41. The average molecular weight is 498 g/mol. The second-order valence-corrected chi connectivity index (χ2v) is 10.0. The monoisotopic (exact) mass is 497 g/mol. The van der Waals surface area contributed by atoms with Crippen LogP contribution in [-0.4, -0.2) is 60.0 Å². The smallest absolute Gasteiger partial charge is 0.254 e. The number of imidazole rings is 1. The first-order chi connectivity index (χ1) is 16.8. The van der Waals surface area contributed by atoms with Crippen LogP contribution in [0, 0.1) is 12.8 Å². The third kappa shape index (κ3) is 4.81. The van der Waals surface area contributed by atoms with Crippen LogP contribution in [0.15, 0.2) is 53.3 Å². The summed E-state index contributed by atoms with van der Waals surface area (Å²) in [5.41, 5.74) is 7.52. The molecule has 5 N–H and O–H groups in total. The summed E-state index contributed by atoms with van der Waals surface area (Å²) in [6, 6.07) is 8.71. The number of benzene rings is 1. The number of hydrogen-bond acceptors (Lipinski definition) is 9. The van der Waals surface area contributed by atoms with Crippen LogP contribution in [0.3, 0.4) is 0 Å². The van der Waals surface area contributed by atoms with Crippen LogP contribution in [0.5, 0.6) is 5.75 Å². The number of amidine groups is 1. The number of carbonyl (C=O) groups excluding carboxylic acids is 1. The molecule has 0 unspecified atom stereocenters. The lowest BCUT2D eigenvalue weighted by Gasteiger charge is -2.34. The number of aryl methyl sites for hydroxylation is 1. The van der Waals surface area contributed by atoms with E-state index in [-0.39, 0.29) is 17.7 Å². The van der Waals surface area contributed by atoms with Gasteiger partial charge < -0.3 is 15.4 Å². The van der Waals surface area contributed by atoms with Crippen molar-refractivity contribution in [1.82, 2.24) is 19.4 Å². The zero-order chi connectivity index (χ0) is 24.6. The van der Waals surface area contributed by atoms with Crippen molar-refractivity contribution in [2.45, 2.75) is 19.8 Å². The predicted octanol–water partition coefficient (Wildman–Crippen LogP) is 3.22. The van der Waals surface area contributed by atoms with E-state index in [9.17, 15) is 13.9 Å². The molecular weight excluding hydrogens is 470 g/mol. The molecule has 2 aliphatic rings. The van der Waals surface area contributed by atoms with Gasteiger partial charge in [-0.1, -0.05) is 6.07 Å². The van der Waals surface area contributed by atoms with E-state index < -0.39 is 11.0 Å². The Morgan fingerprint density at radius 3 is 2.94 bits per heavy atom. The molecule has 0 radical (unpaired) electrons. The molecule has 4 heterocycles. The molecule has 1 saturated heterocycles. The number of anilines is 1. The molecular formula is C23H27N7O4S. The number of nitrogens with zero attached hydrogens (tertiary/aromatic N) is 5. The number of carbonyl (C=O) groups is 1. The third-order valence-corrected chi connectivity index (χ3v) is 7.05. The molecule has 1 amide bonds. The summed E-state index contributed by atoms with van der Waals surface area (Å²) >= 11 is 0. The van der Waals surface area contributed by atoms with E-state index in [1.807, 2.05) is 22.6 Å². The highest BCUT2D eigenvalue weighted by Crippen LogP contribution is 2.46. The van der Waals surface area contributed by atoms with Crippen molar-refractivity contribution in [3.63, 3.8) is 0 Å². The summed E-state index contributed by atoms with van der Waals surface area (Å²) in [4.78, 5) is 23.7. The summed E-state index contributed by atoms with van der Waals surface area (Å²) in [5.74, 6) is 2.06. The Bertz CT molecular complexity index is 1290. The molecule has 2 aromatic heterocycles. The molecule has 5 rings (SSSR count). The molecule has 0 spiro atoms. The minimum Gasteiger partial charge on any atom is -0.492 e. The van der Waals surface area contributed by atoms with E-state index in [0.29, 0.717) is 48.1 Å². The summed E-state index contributed by atoms with van der Waals surface area (Å²) in [6.45, 7) is 3.52. The van der Waals surface area contributed by atoms with E-state index in [1.165, 1.54) is 0 Å². The van der Waals surface area contributed by atoms with Gasteiger partial charge in [0, 0.05) is 43.2 Å². The molecule has 1 aromatic carbocycles. The second-order valence-electron chi connectivity index (χ2n) is 8.59. The van der Waals surface area contributed by atoms with Crippen LogP contribution in [0.1, 0.15) is 34.6 Å². The maximum absolute atomic E-state index is 13.3. The van der Waals surface area contributed by atoms with Crippen molar-refractivity contribution in [3.05, 3.63) is 65.9 Å². The highest BCUT2D eigenvalue weighted by atomic mass is 32.3. The van der Waals surface area contributed by atoms with Gasteiger partial charge in [-0.2, -0.15) is 0 Å². The molecule has 1 atom stereocenters. The lowest BCUT2D eigenvalue weighted by atomic mass is 9.98. The van der Waals surface area contributed by atoms with Crippen LogP contribution < -0.4 is 15.2 Å². The van der Waals surface area contributed by atoms with Crippen molar-refractivity contribution < 1.29 is 18.6 Å². The van der Waals surface area contributed by atoms with Gasteiger partial charge >= 0.3 is 0 Å². The number of ether oxygens (including phenoxy) is 1. The van der Waals surface area contributed by atoms with Crippen molar-refractivity contribution in [1.29, 1.82) is 0 Å². The van der Waals surface area contributed by atoms with Crippen molar-refractivity contribution in [2.24, 2.45) is 16.0 Å². The number of aromatic nitrogens is 3. The molecule has 3 aromatic rings. The predicted molar refractivity (Wildman–Crippen MR) is 134 cm³/mol. The quantitative estimate of drug-likeness (QED) is 0.419. The summed E-state index contributed by atoms with van der Waals surface area (Å²) in [6.07, 6.45) is 6.96. The topological polar surface area (TPSA) is 151 Å². The summed E-state index contributed by atoms with van der Waals surface area (Å²) < 4.78 is 34.0. The van der Waals surface area contributed by atoms with E-state index in [1.54, 1.807) is 42.7 Å². The van der Waals surface area contributed by atoms with Gasteiger partial charge in [-0.25, -0.2) is 9.97 Å². The fourth-order valence-corrected chi connectivity index (χ4v) is 5.31. The highest BCUT2D eigenvalue weighted by molar-refractivity contribution is 8.24. The Kier molecular flexibility index (Phi) is 6.09. The normalized spacial score (nSPS) is 19.8. The Morgan fingerprint density at radius 2 is 2.14 bits per heavy atom. The zero-order valence-electron chi connectivity index (χ0n) is 19.2. The molecule has 2 aliphatic heterocycles. The molecule has 35 heavy (non-hydrogen) atoms. The fraction of sp³-hybridized carbons (Fsp3) is 0.304. The molecule has 0 saturated carbocycles. The number of nitrogens with two attached hydrogens (primary N) is 1. The third-order valence-electron chi connectivity index (χ3n) is 6.10. The molecule has 184 valence electrons. The fourth-order valence-electron chi connectivity index (χ4n) is 4.43. The average Bonchev–Trinajstić information content (AvgIpc) is 3.27. The van der Waals surface area contributed by atoms with Crippen molar-refractivity contribution in [3.8, 4) is 11.6 Å². The second kappa shape index (κ2) is 9.21. The van der Waals surface area contributed by atoms with E-state index in [2.05, 4.69) is 19.1 Å². The van der Waals surface area contributed by atoms with E-state index in [4.69, 9.17) is 10.5 Å². The number of amides is 1. The van der Waals surface area contributed by atoms with Gasteiger partial charge in [-0.3, -0.25) is 23.2 Å². The maximum Gasteiger partial charge on any atom is 0.254 e. The van der Waals surface area contributed by atoms with Gasteiger partial charge in [0.15, 0.2) is 5.84 Å². The number of piperidine rings is 1. The summed E-state index contributed by atoms with van der Waals surface area (Å²) in [7, 11) is -3.36. The minimum absolute atomic E-state index is 0.0106. The lowest BCUT2D eigenvalue weighted by molar-refractivity contribution is 0.0633. The Morgan fingerprint density at radius 1 is 1.29 bits per heavy atom. The van der Waals surface area contributed by atoms with Crippen LogP contribution in [-0.2, 0) is 0 Å². The van der Waals surface area contributed by atoms with E-state index in [0.717, 1.165) is 18.7 Å². The van der Waals surface area contributed by atoms with Gasteiger partial charge in [0.25, 0.3) is 5.91 Å². The zero-order valence-corrected chi connectivity index (χ0v) is 20.0. The Hall–Kier alpha value is -3.61. The van der Waals surface area contributed by atoms with Gasteiger partial charge in [0.1, 0.15) is 17.4 Å². The van der Waals surface area contributed by atoms with Gasteiger partial charge in [0.2, 0.25) is 0 Å². The highest BCUT2D eigenvalue weighted by Gasteiger charge is 2.28. The van der Waals surface area contributed by atoms with Crippen LogP contribution >= 0.6 is 11.0 Å². The van der Waals surface area contributed by atoms with Crippen molar-refractivity contribution >= 4 is 28.4 Å². The van der Waals surface area contributed by atoms with Crippen molar-refractivity contribution in [2.75, 3.05) is 24.4 Å². The first kappa shape index (κ1) is 23.1. The number of likely N-dealkylation sites (tertiary alicyclic amines) is 1. The first-order valence-electron chi connectivity index (χ1n) is 11.2. The van der Waals surface area contributed by atoms with Crippen LogP contribution in [0.25, 0.3) is 5.82 Å². The number of fused-ring (bicyclic) bond motifs is 1. The molecule has 1 fully saturated rings. The standard InChI is InChI=1S/C23H27N7O4S/c1-15-25-9-11-30(15)20-12-17(7-8-26-20)23(31)29-10-3-4-16(13-29)14-34-19-6-2-5-18-21(19)22(24)28-35(32,33)27-18/h2,5-9,11-12,16,27,32-33H,3-4,10,13-14H2,1H3,(H2,24,28)/t16-/m0/s1.